The highest BCUT2D eigenvalue weighted by atomic mass is 32.1. The Morgan fingerprint density at radius 1 is 1.21 bits per heavy atom. The smallest absolute Gasteiger partial charge is 0.243 e. The lowest BCUT2D eigenvalue weighted by molar-refractivity contribution is -0.127. The Morgan fingerprint density at radius 3 is 2.52 bits per heavy atom. The van der Waals surface area contributed by atoms with Crippen LogP contribution in [0.2, 0.25) is 0 Å². The van der Waals surface area contributed by atoms with Crippen molar-refractivity contribution in [2.75, 3.05) is 34.3 Å². The zero-order chi connectivity index (χ0) is 21.2. The second-order valence-electron chi connectivity index (χ2n) is 7.24. The van der Waals surface area contributed by atoms with Crippen LogP contribution in [0.3, 0.4) is 0 Å². The largest absolute Gasteiger partial charge is 0.497 e. The van der Waals surface area contributed by atoms with Crippen molar-refractivity contribution >= 4 is 23.2 Å². The lowest BCUT2D eigenvalue weighted by Crippen LogP contribution is -2.44. The Bertz CT molecular complexity index is 799. The number of amides is 1. The standard InChI is InChI=1S/C22H32N4O2S/c1-16(14-20-11-6-17(2)29-20)25-22(24-15-21(27)26(3)4)23-13-12-18-7-9-19(28-5)10-8-18/h6-11,16H,12-15H2,1-5H3,(H2,23,24,25). The fraction of sp³-hybridized carbons (Fsp3) is 0.455. The molecule has 1 atom stereocenters. The molecule has 0 aliphatic heterocycles. The number of thiophene rings is 1. The van der Waals surface area contributed by atoms with E-state index in [0.29, 0.717) is 5.96 Å². The third-order valence-electron chi connectivity index (χ3n) is 4.42. The highest BCUT2D eigenvalue weighted by Crippen LogP contribution is 2.16. The number of benzene rings is 1. The number of hydrogen-bond donors (Lipinski definition) is 2. The van der Waals surface area contributed by atoms with Gasteiger partial charge >= 0.3 is 0 Å². The molecule has 1 amide bonds. The van der Waals surface area contributed by atoms with Crippen molar-refractivity contribution in [3.8, 4) is 5.75 Å². The molecule has 6 nitrogen and oxygen atoms in total. The van der Waals surface area contributed by atoms with E-state index in [9.17, 15) is 4.79 Å². The van der Waals surface area contributed by atoms with E-state index >= 15 is 0 Å². The zero-order valence-electron chi connectivity index (χ0n) is 18.0. The number of ether oxygens (including phenoxy) is 1. The third-order valence-corrected chi connectivity index (χ3v) is 5.45. The number of nitrogens with zero attached hydrogens (tertiary/aromatic N) is 2. The van der Waals surface area contributed by atoms with Crippen LogP contribution in [0, 0.1) is 6.92 Å². The SMILES string of the molecule is COc1ccc(CCNC(=NCC(=O)N(C)C)NC(C)Cc2ccc(C)s2)cc1. The summed E-state index contributed by atoms with van der Waals surface area (Å²) in [6.07, 6.45) is 1.77. The molecule has 29 heavy (non-hydrogen) atoms. The topological polar surface area (TPSA) is 66.0 Å². The molecule has 1 heterocycles. The number of aliphatic imine (C=N–C) groups is 1. The molecule has 0 saturated carbocycles. The van der Waals surface area contributed by atoms with Gasteiger partial charge in [0.05, 0.1) is 7.11 Å². The molecule has 0 saturated heterocycles. The van der Waals surface area contributed by atoms with Gasteiger partial charge in [0, 0.05) is 42.9 Å². The molecule has 0 spiro atoms. The van der Waals surface area contributed by atoms with Crippen LogP contribution < -0.4 is 15.4 Å². The summed E-state index contributed by atoms with van der Waals surface area (Å²) < 4.78 is 5.20. The monoisotopic (exact) mass is 416 g/mol. The van der Waals surface area contributed by atoms with Crippen LogP contribution >= 0.6 is 11.3 Å². The van der Waals surface area contributed by atoms with Crippen molar-refractivity contribution in [2.24, 2.45) is 4.99 Å². The lowest BCUT2D eigenvalue weighted by Gasteiger charge is -2.18. The van der Waals surface area contributed by atoms with Gasteiger partial charge < -0.3 is 20.3 Å². The summed E-state index contributed by atoms with van der Waals surface area (Å²) in [5, 5.41) is 6.78. The molecule has 7 heteroatoms. The highest BCUT2D eigenvalue weighted by Gasteiger charge is 2.10. The molecular formula is C22H32N4O2S. The maximum Gasteiger partial charge on any atom is 0.243 e. The minimum absolute atomic E-state index is 0.0252. The predicted molar refractivity (Wildman–Crippen MR) is 121 cm³/mol. The second kappa shape index (κ2) is 11.5. The van der Waals surface area contributed by atoms with Crippen LogP contribution in [0.1, 0.15) is 22.2 Å². The van der Waals surface area contributed by atoms with Gasteiger partial charge in [-0.25, -0.2) is 4.99 Å². The quantitative estimate of drug-likeness (QED) is 0.487. The Balaban J connectivity index is 1.93. The number of rotatable bonds is 9. The summed E-state index contributed by atoms with van der Waals surface area (Å²) in [6.45, 7) is 5.09. The summed E-state index contributed by atoms with van der Waals surface area (Å²) >= 11 is 1.81. The first kappa shape index (κ1) is 22.7. The molecule has 1 aromatic carbocycles. The molecule has 2 aromatic rings. The van der Waals surface area contributed by atoms with Gasteiger partial charge in [-0.1, -0.05) is 12.1 Å². The van der Waals surface area contributed by atoms with Crippen molar-refractivity contribution in [1.29, 1.82) is 0 Å². The van der Waals surface area contributed by atoms with E-state index in [-0.39, 0.29) is 18.5 Å². The highest BCUT2D eigenvalue weighted by molar-refractivity contribution is 7.11. The van der Waals surface area contributed by atoms with Crippen LogP contribution in [-0.2, 0) is 17.6 Å². The van der Waals surface area contributed by atoms with E-state index in [4.69, 9.17) is 4.74 Å². The van der Waals surface area contributed by atoms with Gasteiger partial charge in [0.1, 0.15) is 12.3 Å². The molecular weight excluding hydrogens is 384 g/mol. The average Bonchev–Trinajstić information content (AvgIpc) is 3.10. The number of hydrogen-bond acceptors (Lipinski definition) is 4. The van der Waals surface area contributed by atoms with Gasteiger partial charge in [-0.3, -0.25) is 4.79 Å². The van der Waals surface area contributed by atoms with E-state index in [1.54, 1.807) is 26.1 Å². The average molecular weight is 417 g/mol. The number of likely N-dealkylation sites (N-methyl/N-ethyl adjacent to an activating group) is 1. The third kappa shape index (κ3) is 8.15. The van der Waals surface area contributed by atoms with Gasteiger partial charge in [-0.05, 0) is 50.1 Å². The van der Waals surface area contributed by atoms with Crippen LogP contribution in [0.15, 0.2) is 41.4 Å². The lowest BCUT2D eigenvalue weighted by atomic mass is 10.1. The van der Waals surface area contributed by atoms with Crippen molar-refractivity contribution in [3.63, 3.8) is 0 Å². The van der Waals surface area contributed by atoms with E-state index in [1.807, 2.05) is 23.5 Å². The molecule has 0 aliphatic rings. The molecule has 0 bridgehead atoms. The number of methoxy groups -OCH3 is 1. The Morgan fingerprint density at radius 2 is 1.93 bits per heavy atom. The van der Waals surface area contributed by atoms with E-state index in [2.05, 4.69) is 53.7 Å². The molecule has 2 rings (SSSR count). The number of nitrogens with one attached hydrogen (secondary N) is 2. The number of carbonyl (C=O) groups is 1. The fourth-order valence-electron chi connectivity index (χ4n) is 2.74. The van der Waals surface area contributed by atoms with Crippen LogP contribution in [-0.4, -0.2) is 57.1 Å². The van der Waals surface area contributed by atoms with E-state index in [1.165, 1.54) is 15.3 Å². The molecule has 0 aliphatic carbocycles. The van der Waals surface area contributed by atoms with Crippen molar-refractivity contribution < 1.29 is 9.53 Å². The van der Waals surface area contributed by atoms with Crippen molar-refractivity contribution in [1.82, 2.24) is 15.5 Å². The maximum atomic E-state index is 11.9. The van der Waals surface area contributed by atoms with Gasteiger partial charge in [0.15, 0.2) is 5.96 Å². The van der Waals surface area contributed by atoms with Gasteiger partial charge in [0.25, 0.3) is 0 Å². The summed E-state index contributed by atoms with van der Waals surface area (Å²) in [5.41, 5.74) is 1.21. The molecule has 0 fully saturated rings. The number of carbonyl (C=O) groups excluding carboxylic acids is 1. The molecule has 2 N–H and O–H groups in total. The Kier molecular flexibility index (Phi) is 8.99. The summed E-state index contributed by atoms with van der Waals surface area (Å²) in [7, 11) is 5.15. The molecule has 1 aromatic heterocycles. The zero-order valence-corrected chi connectivity index (χ0v) is 18.8. The first-order valence-electron chi connectivity index (χ1n) is 9.80. The predicted octanol–water partition coefficient (Wildman–Crippen LogP) is 2.86. The normalized spacial score (nSPS) is 12.4. The van der Waals surface area contributed by atoms with Crippen LogP contribution in [0.5, 0.6) is 5.75 Å². The van der Waals surface area contributed by atoms with Gasteiger partial charge in [-0.15, -0.1) is 11.3 Å². The summed E-state index contributed by atoms with van der Waals surface area (Å²) in [5.74, 6) is 1.49. The van der Waals surface area contributed by atoms with Crippen molar-refractivity contribution in [3.05, 3.63) is 51.7 Å². The number of aryl methyl sites for hydroxylation is 1. The van der Waals surface area contributed by atoms with Crippen LogP contribution in [0.4, 0.5) is 0 Å². The van der Waals surface area contributed by atoms with Gasteiger partial charge in [-0.2, -0.15) is 0 Å². The maximum absolute atomic E-state index is 11.9. The van der Waals surface area contributed by atoms with E-state index in [0.717, 1.165) is 25.1 Å². The number of guanidine groups is 1. The Labute approximate surface area is 178 Å². The van der Waals surface area contributed by atoms with Crippen LogP contribution in [0.25, 0.3) is 0 Å². The van der Waals surface area contributed by atoms with Gasteiger partial charge in [0.2, 0.25) is 5.91 Å². The fourth-order valence-corrected chi connectivity index (χ4v) is 3.76. The summed E-state index contributed by atoms with van der Waals surface area (Å²) in [4.78, 5) is 20.6. The first-order valence-corrected chi connectivity index (χ1v) is 10.6. The second-order valence-corrected chi connectivity index (χ2v) is 8.61. The minimum atomic E-state index is -0.0252. The summed E-state index contributed by atoms with van der Waals surface area (Å²) in [6, 6.07) is 12.6. The molecule has 0 radical (unpaired) electrons. The molecule has 1 unspecified atom stereocenters. The van der Waals surface area contributed by atoms with E-state index < -0.39 is 0 Å². The Hall–Kier alpha value is -2.54. The first-order chi connectivity index (χ1) is 13.9. The minimum Gasteiger partial charge on any atom is -0.497 e. The molecule has 158 valence electrons. The van der Waals surface area contributed by atoms with Crippen molar-refractivity contribution in [2.45, 2.75) is 32.7 Å².